The number of hydrogen-bond donors (Lipinski definition) is 1. The molecule has 22 heavy (non-hydrogen) atoms. The van der Waals surface area contributed by atoms with Crippen molar-refractivity contribution in [2.24, 2.45) is 0 Å². The summed E-state index contributed by atoms with van der Waals surface area (Å²) in [6.07, 6.45) is -0.0196. The fourth-order valence-corrected chi connectivity index (χ4v) is 1.66. The Morgan fingerprint density at radius 1 is 1.14 bits per heavy atom. The zero-order valence-corrected chi connectivity index (χ0v) is 13.3. The number of rotatable bonds is 9. The number of para-hydroxylation sites is 2. The molecule has 0 fully saturated rings. The predicted octanol–water partition coefficient (Wildman–Crippen LogP) is 1.92. The molecule has 0 aliphatic carbocycles. The van der Waals surface area contributed by atoms with Crippen molar-refractivity contribution in [1.29, 1.82) is 0 Å². The molecular weight excluding hydrogens is 286 g/mol. The normalized spacial score (nSPS) is 11.4. The van der Waals surface area contributed by atoms with Crippen LogP contribution in [0, 0.1) is 0 Å². The van der Waals surface area contributed by atoms with E-state index in [1.54, 1.807) is 18.2 Å². The van der Waals surface area contributed by atoms with Crippen LogP contribution in [0.5, 0.6) is 11.5 Å². The van der Waals surface area contributed by atoms with Gasteiger partial charge in [0.1, 0.15) is 0 Å². The van der Waals surface area contributed by atoms with E-state index in [1.807, 2.05) is 19.9 Å². The summed E-state index contributed by atoms with van der Waals surface area (Å²) in [6, 6.07) is 7.06. The van der Waals surface area contributed by atoms with Crippen LogP contribution in [0.2, 0.25) is 0 Å². The van der Waals surface area contributed by atoms with E-state index in [9.17, 15) is 9.59 Å². The minimum absolute atomic E-state index is 0.282. The number of esters is 1. The molecule has 122 valence electrons. The van der Waals surface area contributed by atoms with Gasteiger partial charge in [-0.2, -0.15) is 0 Å². The molecule has 1 aromatic rings. The van der Waals surface area contributed by atoms with Crippen LogP contribution >= 0.6 is 0 Å². The highest BCUT2D eigenvalue weighted by Crippen LogP contribution is 2.26. The second-order valence-corrected chi connectivity index (χ2v) is 4.59. The number of benzene rings is 1. The van der Waals surface area contributed by atoms with Gasteiger partial charge in [-0.15, -0.1) is 0 Å². The molecule has 0 aliphatic rings. The third-order valence-corrected chi connectivity index (χ3v) is 2.72. The van der Waals surface area contributed by atoms with Crippen molar-refractivity contribution in [1.82, 2.24) is 5.32 Å². The van der Waals surface area contributed by atoms with E-state index >= 15 is 0 Å². The number of ether oxygens (including phenoxy) is 3. The molecule has 0 saturated carbocycles. The van der Waals surface area contributed by atoms with Crippen LogP contribution in [0.1, 0.15) is 27.2 Å². The summed E-state index contributed by atoms with van der Waals surface area (Å²) in [5.41, 5.74) is 0. The Balaban J connectivity index is 2.44. The number of carbonyl (C=O) groups is 2. The van der Waals surface area contributed by atoms with Gasteiger partial charge < -0.3 is 19.5 Å². The maximum atomic E-state index is 11.7. The summed E-state index contributed by atoms with van der Waals surface area (Å²) in [5, 5.41) is 2.66. The second-order valence-electron chi connectivity index (χ2n) is 4.59. The number of carbonyl (C=O) groups excluding carboxylic acids is 2. The first-order valence-corrected chi connectivity index (χ1v) is 7.40. The third-order valence-electron chi connectivity index (χ3n) is 2.72. The van der Waals surface area contributed by atoms with Gasteiger partial charge in [0.25, 0.3) is 5.91 Å². The fraction of sp³-hybridized carbons (Fsp3) is 0.500. The Bertz CT molecular complexity index is 489. The average Bonchev–Trinajstić information content (AvgIpc) is 2.52. The molecule has 1 rings (SSSR count). The Hall–Kier alpha value is -2.24. The number of nitrogens with one attached hydrogen (secondary N) is 1. The average molecular weight is 309 g/mol. The smallest absolute Gasteiger partial charge is 0.344 e. The predicted molar refractivity (Wildman–Crippen MR) is 82.0 cm³/mol. The standard InChI is InChI=1S/C16H23NO5/c1-4-10-17-16(19)12(3)22-15(18)11-21-14-9-7-6-8-13(14)20-5-2/h6-9,12H,4-5,10-11H2,1-3H3,(H,17,19). The SMILES string of the molecule is CCCNC(=O)C(C)OC(=O)COc1ccccc1OCC. The van der Waals surface area contributed by atoms with Crippen LogP contribution in [-0.2, 0) is 14.3 Å². The Labute approximate surface area is 130 Å². The molecule has 0 radical (unpaired) electrons. The van der Waals surface area contributed by atoms with E-state index < -0.39 is 12.1 Å². The topological polar surface area (TPSA) is 73.9 Å². The van der Waals surface area contributed by atoms with Crippen molar-refractivity contribution in [3.8, 4) is 11.5 Å². The maximum absolute atomic E-state index is 11.7. The molecule has 6 nitrogen and oxygen atoms in total. The first kappa shape index (κ1) is 17.8. The van der Waals surface area contributed by atoms with Crippen molar-refractivity contribution in [2.45, 2.75) is 33.3 Å². The first-order chi connectivity index (χ1) is 10.6. The van der Waals surface area contributed by atoms with Crippen LogP contribution in [-0.4, -0.2) is 37.7 Å². The minimum Gasteiger partial charge on any atom is -0.490 e. The van der Waals surface area contributed by atoms with Crippen LogP contribution in [0.25, 0.3) is 0 Å². The summed E-state index contributed by atoms with van der Waals surface area (Å²) >= 11 is 0. The zero-order chi connectivity index (χ0) is 16.4. The molecule has 1 atom stereocenters. The van der Waals surface area contributed by atoms with Gasteiger partial charge in [-0.1, -0.05) is 19.1 Å². The van der Waals surface area contributed by atoms with Gasteiger partial charge in [-0.25, -0.2) is 4.79 Å². The summed E-state index contributed by atoms with van der Waals surface area (Å²) in [7, 11) is 0. The molecule has 1 N–H and O–H groups in total. The molecule has 0 heterocycles. The molecule has 0 bridgehead atoms. The first-order valence-electron chi connectivity index (χ1n) is 7.40. The van der Waals surface area contributed by atoms with Gasteiger partial charge in [0, 0.05) is 6.54 Å². The van der Waals surface area contributed by atoms with Crippen molar-refractivity contribution in [3.05, 3.63) is 24.3 Å². The lowest BCUT2D eigenvalue weighted by molar-refractivity contribution is -0.156. The highest BCUT2D eigenvalue weighted by molar-refractivity contribution is 5.83. The highest BCUT2D eigenvalue weighted by atomic mass is 16.6. The number of amides is 1. The van der Waals surface area contributed by atoms with E-state index in [0.717, 1.165) is 6.42 Å². The quantitative estimate of drug-likeness (QED) is 0.706. The Morgan fingerprint density at radius 3 is 2.36 bits per heavy atom. The van der Waals surface area contributed by atoms with Crippen molar-refractivity contribution in [3.63, 3.8) is 0 Å². The van der Waals surface area contributed by atoms with Gasteiger partial charge in [-0.3, -0.25) is 4.79 Å². The van der Waals surface area contributed by atoms with E-state index in [-0.39, 0.29) is 12.5 Å². The Morgan fingerprint density at radius 2 is 1.77 bits per heavy atom. The van der Waals surface area contributed by atoms with E-state index in [1.165, 1.54) is 6.92 Å². The van der Waals surface area contributed by atoms with Gasteiger partial charge >= 0.3 is 5.97 Å². The monoisotopic (exact) mass is 309 g/mol. The maximum Gasteiger partial charge on any atom is 0.344 e. The van der Waals surface area contributed by atoms with Crippen LogP contribution in [0.15, 0.2) is 24.3 Å². The molecule has 1 amide bonds. The summed E-state index contributed by atoms with van der Waals surface area (Å²) < 4.78 is 15.8. The molecule has 0 aromatic heterocycles. The summed E-state index contributed by atoms with van der Waals surface area (Å²) in [4.78, 5) is 23.3. The van der Waals surface area contributed by atoms with E-state index in [2.05, 4.69) is 5.32 Å². The lowest BCUT2D eigenvalue weighted by Gasteiger charge is -2.14. The summed E-state index contributed by atoms with van der Waals surface area (Å²) in [6.45, 7) is 6.10. The van der Waals surface area contributed by atoms with Crippen molar-refractivity contribution >= 4 is 11.9 Å². The number of hydrogen-bond acceptors (Lipinski definition) is 5. The molecule has 0 spiro atoms. The minimum atomic E-state index is -0.843. The van der Waals surface area contributed by atoms with E-state index in [0.29, 0.717) is 24.7 Å². The highest BCUT2D eigenvalue weighted by Gasteiger charge is 2.17. The third kappa shape index (κ3) is 6.03. The van der Waals surface area contributed by atoms with Crippen molar-refractivity contribution < 1.29 is 23.8 Å². The fourth-order valence-electron chi connectivity index (χ4n) is 1.66. The van der Waals surface area contributed by atoms with Crippen molar-refractivity contribution in [2.75, 3.05) is 19.8 Å². The molecular formula is C16H23NO5. The largest absolute Gasteiger partial charge is 0.490 e. The lowest BCUT2D eigenvalue weighted by Crippen LogP contribution is -2.37. The van der Waals surface area contributed by atoms with Gasteiger partial charge in [0.15, 0.2) is 24.2 Å². The molecule has 0 aliphatic heterocycles. The Kier molecular flexibility index (Phi) is 7.81. The van der Waals surface area contributed by atoms with Gasteiger partial charge in [0.2, 0.25) is 0 Å². The lowest BCUT2D eigenvalue weighted by atomic mass is 10.3. The second kappa shape index (κ2) is 9.65. The molecule has 1 unspecified atom stereocenters. The zero-order valence-electron chi connectivity index (χ0n) is 13.3. The van der Waals surface area contributed by atoms with Crippen LogP contribution < -0.4 is 14.8 Å². The molecule has 1 aromatic carbocycles. The van der Waals surface area contributed by atoms with Gasteiger partial charge in [0.05, 0.1) is 6.61 Å². The molecule has 0 saturated heterocycles. The van der Waals surface area contributed by atoms with Crippen LogP contribution in [0.3, 0.4) is 0 Å². The van der Waals surface area contributed by atoms with Crippen LogP contribution in [0.4, 0.5) is 0 Å². The van der Waals surface area contributed by atoms with Gasteiger partial charge in [-0.05, 0) is 32.4 Å². The molecule has 6 heteroatoms. The summed E-state index contributed by atoms with van der Waals surface area (Å²) in [5.74, 6) is 0.103. The van der Waals surface area contributed by atoms with E-state index in [4.69, 9.17) is 14.2 Å².